The Morgan fingerprint density at radius 2 is 1.90 bits per heavy atom. The predicted octanol–water partition coefficient (Wildman–Crippen LogP) is 3.92. The van der Waals surface area contributed by atoms with Gasteiger partial charge in [-0.15, -0.1) is 4.36 Å². The van der Waals surface area contributed by atoms with E-state index in [2.05, 4.69) is 9.35 Å². The van der Waals surface area contributed by atoms with Gasteiger partial charge in [0.15, 0.2) is 5.58 Å². The molecule has 5 heteroatoms. The van der Waals surface area contributed by atoms with Crippen molar-refractivity contribution >= 4 is 26.8 Å². The Labute approximate surface area is 117 Å². The van der Waals surface area contributed by atoms with Crippen LogP contribution >= 0.6 is 0 Å². The van der Waals surface area contributed by atoms with Crippen LogP contribution < -0.4 is 0 Å². The van der Waals surface area contributed by atoms with Crippen LogP contribution in [0.2, 0.25) is 0 Å². The molecule has 1 aromatic heterocycles. The molecule has 3 rings (SSSR count). The zero-order valence-electron chi connectivity index (χ0n) is 11.2. The molecule has 0 aliphatic rings. The number of aromatic nitrogens is 1. The van der Waals surface area contributed by atoms with Crippen molar-refractivity contribution in [2.45, 2.75) is 11.8 Å². The third-order valence-corrected chi connectivity index (χ3v) is 4.62. The van der Waals surface area contributed by atoms with Gasteiger partial charge in [-0.3, -0.25) is 0 Å². The second-order valence-electron chi connectivity index (χ2n) is 4.67. The van der Waals surface area contributed by atoms with Crippen LogP contribution in [-0.2, 0) is 9.73 Å². The van der Waals surface area contributed by atoms with Crippen LogP contribution in [-0.4, -0.2) is 15.4 Å². The Morgan fingerprint density at radius 3 is 2.65 bits per heavy atom. The fourth-order valence-corrected chi connectivity index (χ4v) is 3.08. The molecule has 0 bridgehead atoms. The molecule has 1 heterocycles. The lowest BCUT2D eigenvalue weighted by molar-refractivity contribution is 0.612. The maximum atomic E-state index is 12.6. The second-order valence-corrected chi connectivity index (χ2v) is 6.93. The van der Waals surface area contributed by atoms with Crippen LogP contribution in [0, 0.1) is 6.92 Å². The van der Waals surface area contributed by atoms with Gasteiger partial charge in [0.2, 0.25) is 0 Å². The first-order chi connectivity index (χ1) is 9.54. The van der Waals surface area contributed by atoms with Crippen molar-refractivity contribution < 1.29 is 8.63 Å². The standard InChI is InChI=1S/C15H14N2O2S/c1-11-8-9-14-13(10-11)16-15(19-14)17-20(2,18)12-6-4-3-5-7-12/h3-10H,1-2H3. The Morgan fingerprint density at radius 1 is 1.15 bits per heavy atom. The van der Waals surface area contributed by atoms with E-state index in [4.69, 9.17) is 4.42 Å². The largest absolute Gasteiger partial charge is 0.422 e. The van der Waals surface area contributed by atoms with Crippen molar-refractivity contribution in [2.24, 2.45) is 4.36 Å². The molecule has 0 amide bonds. The first-order valence-corrected chi connectivity index (χ1v) is 8.11. The van der Waals surface area contributed by atoms with Crippen LogP contribution in [0.3, 0.4) is 0 Å². The third-order valence-electron chi connectivity index (χ3n) is 2.96. The van der Waals surface area contributed by atoms with Crippen LogP contribution in [0.25, 0.3) is 11.1 Å². The van der Waals surface area contributed by atoms with Gasteiger partial charge >= 0.3 is 6.01 Å². The van der Waals surface area contributed by atoms with Crippen molar-refractivity contribution in [3.63, 3.8) is 0 Å². The molecule has 0 radical (unpaired) electrons. The van der Waals surface area contributed by atoms with E-state index in [1.54, 1.807) is 18.4 Å². The van der Waals surface area contributed by atoms with E-state index in [1.165, 1.54) is 0 Å². The van der Waals surface area contributed by atoms with Crippen molar-refractivity contribution in [1.29, 1.82) is 0 Å². The SMILES string of the molecule is Cc1ccc2oc(N=S(C)(=O)c3ccccc3)nc2c1. The molecule has 102 valence electrons. The van der Waals surface area contributed by atoms with Crippen molar-refractivity contribution in [2.75, 3.05) is 6.26 Å². The van der Waals surface area contributed by atoms with E-state index in [1.807, 2.05) is 43.3 Å². The van der Waals surface area contributed by atoms with Gasteiger partial charge in [0.1, 0.15) is 5.52 Å². The molecule has 0 aliphatic carbocycles. The van der Waals surface area contributed by atoms with Gasteiger partial charge in [-0.05, 0) is 36.8 Å². The minimum atomic E-state index is -2.55. The van der Waals surface area contributed by atoms with E-state index in [0.29, 0.717) is 10.5 Å². The highest BCUT2D eigenvalue weighted by atomic mass is 32.2. The van der Waals surface area contributed by atoms with Crippen molar-refractivity contribution in [1.82, 2.24) is 4.98 Å². The molecule has 20 heavy (non-hydrogen) atoms. The molecule has 4 nitrogen and oxygen atoms in total. The van der Waals surface area contributed by atoms with Gasteiger partial charge in [0.05, 0.1) is 9.73 Å². The predicted molar refractivity (Wildman–Crippen MR) is 79.6 cm³/mol. The fraction of sp³-hybridized carbons (Fsp3) is 0.133. The van der Waals surface area contributed by atoms with E-state index >= 15 is 0 Å². The Kier molecular flexibility index (Phi) is 3.06. The van der Waals surface area contributed by atoms with Crippen LogP contribution in [0.15, 0.2) is 62.2 Å². The van der Waals surface area contributed by atoms with Gasteiger partial charge < -0.3 is 4.42 Å². The summed E-state index contributed by atoms with van der Waals surface area (Å²) < 4.78 is 22.3. The zero-order valence-corrected chi connectivity index (χ0v) is 12.1. The van der Waals surface area contributed by atoms with Gasteiger partial charge in [-0.25, -0.2) is 4.21 Å². The van der Waals surface area contributed by atoms with Crippen LogP contribution in [0.4, 0.5) is 6.01 Å². The minimum Gasteiger partial charge on any atom is -0.422 e. The average molecular weight is 286 g/mol. The first kappa shape index (κ1) is 12.9. The number of nitrogens with zero attached hydrogens (tertiary/aromatic N) is 2. The van der Waals surface area contributed by atoms with E-state index in [0.717, 1.165) is 11.1 Å². The normalized spacial score (nSPS) is 14.1. The summed E-state index contributed by atoms with van der Waals surface area (Å²) in [6, 6.07) is 15.0. The molecule has 1 unspecified atom stereocenters. The molecule has 0 saturated carbocycles. The highest BCUT2D eigenvalue weighted by Gasteiger charge is 2.10. The zero-order chi connectivity index (χ0) is 14.2. The molecule has 0 spiro atoms. The molecule has 0 saturated heterocycles. The number of aryl methyl sites for hydroxylation is 1. The molecular formula is C15H14N2O2S. The first-order valence-electron chi connectivity index (χ1n) is 6.19. The number of fused-ring (bicyclic) bond motifs is 1. The van der Waals surface area contributed by atoms with Crippen LogP contribution in [0.1, 0.15) is 5.56 Å². The lowest BCUT2D eigenvalue weighted by Gasteiger charge is -2.01. The third kappa shape index (κ3) is 2.44. The van der Waals surface area contributed by atoms with Gasteiger partial charge in [0, 0.05) is 11.2 Å². The summed E-state index contributed by atoms with van der Waals surface area (Å²) in [7, 11) is -2.55. The topological polar surface area (TPSA) is 55.5 Å². The van der Waals surface area contributed by atoms with Crippen LogP contribution in [0.5, 0.6) is 0 Å². The molecule has 0 aliphatic heterocycles. The average Bonchev–Trinajstić information content (AvgIpc) is 2.80. The van der Waals surface area contributed by atoms with E-state index in [-0.39, 0.29) is 6.01 Å². The van der Waals surface area contributed by atoms with E-state index in [9.17, 15) is 4.21 Å². The smallest absolute Gasteiger partial charge is 0.331 e. The summed E-state index contributed by atoms with van der Waals surface area (Å²) in [5, 5.41) is 0. The van der Waals surface area contributed by atoms with Crippen molar-refractivity contribution in [3.8, 4) is 0 Å². The lowest BCUT2D eigenvalue weighted by atomic mass is 10.2. The maximum absolute atomic E-state index is 12.6. The molecular weight excluding hydrogens is 272 g/mol. The summed E-state index contributed by atoms with van der Waals surface area (Å²) in [5.74, 6) is 0. The number of rotatable bonds is 2. The number of hydrogen-bond donors (Lipinski definition) is 0. The Hall–Kier alpha value is -2.14. The monoisotopic (exact) mass is 286 g/mol. The molecule has 3 aromatic rings. The van der Waals surface area contributed by atoms with Gasteiger partial charge in [0.25, 0.3) is 0 Å². The number of oxazole rings is 1. The summed E-state index contributed by atoms with van der Waals surface area (Å²) >= 11 is 0. The molecule has 1 atom stereocenters. The van der Waals surface area contributed by atoms with Crippen molar-refractivity contribution in [3.05, 3.63) is 54.1 Å². The number of hydrogen-bond acceptors (Lipinski definition) is 4. The quantitative estimate of drug-likeness (QED) is 0.717. The summed E-state index contributed by atoms with van der Waals surface area (Å²) in [5.41, 5.74) is 2.47. The lowest BCUT2D eigenvalue weighted by Crippen LogP contribution is -1.96. The maximum Gasteiger partial charge on any atom is 0.331 e. The molecule has 0 fully saturated rings. The minimum absolute atomic E-state index is 0.155. The molecule has 0 N–H and O–H groups in total. The van der Waals surface area contributed by atoms with Gasteiger partial charge in [-0.2, -0.15) is 4.98 Å². The Balaban J connectivity index is 2.12. The van der Waals surface area contributed by atoms with Gasteiger partial charge in [-0.1, -0.05) is 24.3 Å². The fourth-order valence-electron chi connectivity index (χ4n) is 1.94. The highest BCUT2D eigenvalue weighted by Crippen LogP contribution is 2.24. The summed E-state index contributed by atoms with van der Waals surface area (Å²) in [6.45, 7) is 1.98. The molecule has 2 aromatic carbocycles. The summed E-state index contributed by atoms with van der Waals surface area (Å²) in [4.78, 5) is 4.94. The van der Waals surface area contributed by atoms with E-state index < -0.39 is 9.73 Å². The highest BCUT2D eigenvalue weighted by molar-refractivity contribution is 7.93. The number of benzene rings is 2. The second kappa shape index (κ2) is 4.76. The summed E-state index contributed by atoms with van der Waals surface area (Å²) in [6.07, 6.45) is 1.59. The Bertz CT molecular complexity index is 875.